The van der Waals surface area contributed by atoms with Gasteiger partial charge in [0.2, 0.25) is 17.7 Å². The molecule has 0 aliphatic rings. The van der Waals surface area contributed by atoms with E-state index in [0.29, 0.717) is 17.7 Å². The summed E-state index contributed by atoms with van der Waals surface area (Å²) in [4.78, 5) is 18.3. The van der Waals surface area contributed by atoms with Gasteiger partial charge in [-0.15, -0.1) is 0 Å². The molecule has 98 heavy (non-hydrogen) atoms. The van der Waals surface area contributed by atoms with Gasteiger partial charge in [-0.1, -0.05) is 174 Å². The van der Waals surface area contributed by atoms with E-state index < -0.39 is 0 Å². The minimum absolute atomic E-state index is 0.612. The van der Waals surface area contributed by atoms with E-state index >= 15 is 0 Å². The van der Waals surface area contributed by atoms with Gasteiger partial charge in [0, 0.05) is 78.0 Å². The van der Waals surface area contributed by atoms with E-state index in [-0.39, 0.29) is 0 Å². The van der Waals surface area contributed by atoms with E-state index in [1.165, 1.54) is 11.1 Å². The number of anilines is 10. The van der Waals surface area contributed by atoms with Crippen LogP contribution in [0.1, 0.15) is 0 Å². The Morgan fingerprint density at radius 3 is 0.735 bits per heavy atom. The quantitative estimate of drug-likeness (QED) is 0.103. The van der Waals surface area contributed by atoms with Crippen molar-refractivity contribution in [3.8, 4) is 56.6 Å². The van der Waals surface area contributed by atoms with E-state index in [1.807, 2.05) is 146 Å². The Balaban J connectivity index is 0.000000152. The van der Waals surface area contributed by atoms with Crippen molar-refractivity contribution in [3.05, 3.63) is 368 Å². The van der Waals surface area contributed by atoms with Crippen molar-refractivity contribution in [1.29, 1.82) is 0 Å². The lowest BCUT2D eigenvalue weighted by Gasteiger charge is -2.26. The Kier molecular flexibility index (Phi) is 18.0. The maximum atomic E-state index is 6.04. The number of rotatable bonds is 15. The van der Waals surface area contributed by atoms with Crippen molar-refractivity contribution in [1.82, 2.24) is 15.0 Å². The molecule has 0 saturated heterocycles. The molecule has 10 nitrogen and oxygen atoms in total. The van der Waals surface area contributed by atoms with Gasteiger partial charge in [-0.2, -0.15) is 0 Å². The van der Waals surface area contributed by atoms with Crippen LogP contribution in [0.3, 0.4) is 0 Å². The second kappa shape index (κ2) is 28.8. The van der Waals surface area contributed by atoms with E-state index in [0.717, 1.165) is 122 Å². The van der Waals surface area contributed by atoms with E-state index in [4.69, 9.17) is 13.3 Å². The van der Waals surface area contributed by atoms with Crippen LogP contribution in [0, 0.1) is 0 Å². The molecule has 470 valence electrons. The lowest BCUT2D eigenvalue weighted by Crippen LogP contribution is -2.10. The predicted octanol–water partition coefficient (Wildman–Crippen LogP) is 25.0. The maximum absolute atomic E-state index is 6.04. The van der Waals surface area contributed by atoms with Gasteiger partial charge in [0.15, 0.2) is 16.7 Å². The molecule has 0 saturated carbocycles. The average molecular weight is 1330 g/mol. The van der Waals surface area contributed by atoms with Gasteiger partial charge in [-0.05, 0) is 229 Å². The fourth-order valence-corrected chi connectivity index (χ4v) is 11.9. The monoisotopic (exact) mass is 1330 g/mol. The molecule has 0 aliphatic carbocycles. The average Bonchev–Trinajstić information content (AvgIpc) is 1.57. The van der Waals surface area contributed by atoms with Crippen molar-refractivity contribution in [2.45, 2.75) is 0 Å². The minimum Gasteiger partial charge on any atom is -0.436 e. The zero-order valence-electron chi connectivity index (χ0n) is 53.0. The number of nitrogens with zero attached hydrogens (tertiary/aromatic N) is 5. The van der Waals surface area contributed by atoms with Gasteiger partial charge >= 0.3 is 0 Å². The molecular weight excluding hydrogens is 1270 g/mol. The third-order valence-corrected chi connectivity index (χ3v) is 17.1. The molecule has 0 radical (unpaired) electrons. The van der Waals surface area contributed by atoms with Gasteiger partial charge in [-0.25, -0.2) is 15.0 Å². The summed E-state index contributed by atoms with van der Waals surface area (Å²) in [6.45, 7) is 0. The molecule has 0 unspecified atom stereocenters. The molecule has 0 fully saturated rings. The Hall–Kier alpha value is -12.8. The third kappa shape index (κ3) is 14.3. The van der Waals surface area contributed by atoms with Crippen LogP contribution < -0.4 is 20.4 Å². The second-order valence-corrected chi connectivity index (χ2v) is 24.0. The summed E-state index contributed by atoms with van der Waals surface area (Å²) in [6, 6.07) is 124. The topological polar surface area (TPSA) is 109 Å². The molecule has 0 bridgehead atoms. The lowest BCUT2D eigenvalue weighted by atomic mass is 10.0. The summed E-state index contributed by atoms with van der Waals surface area (Å²) >= 11 is 3.40. The highest BCUT2D eigenvalue weighted by Gasteiger charge is 2.18. The summed E-state index contributed by atoms with van der Waals surface area (Å²) in [5.41, 5.74) is 23.2. The molecule has 11 heteroatoms. The van der Waals surface area contributed by atoms with Gasteiger partial charge < -0.3 is 33.7 Å². The predicted molar refractivity (Wildman–Crippen MR) is 406 cm³/mol. The second-order valence-electron chi connectivity index (χ2n) is 23.1. The van der Waals surface area contributed by atoms with Crippen LogP contribution in [0.5, 0.6) is 0 Å². The van der Waals surface area contributed by atoms with Crippen molar-refractivity contribution >= 4 is 106 Å². The van der Waals surface area contributed by atoms with Crippen LogP contribution >= 0.6 is 15.9 Å². The summed E-state index contributed by atoms with van der Waals surface area (Å²) in [6.07, 6.45) is 0. The zero-order chi connectivity index (χ0) is 65.8. The molecule has 0 atom stereocenters. The van der Waals surface area contributed by atoms with Crippen LogP contribution in [0.15, 0.2) is 382 Å². The Bertz CT molecular complexity index is 5020. The summed E-state index contributed by atoms with van der Waals surface area (Å²) in [5, 5.41) is 6.82. The molecule has 0 aliphatic heterocycles. The highest BCUT2D eigenvalue weighted by molar-refractivity contribution is 9.10. The molecule has 0 amide bonds. The van der Waals surface area contributed by atoms with Crippen LogP contribution in [-0.4, -0.2) is 15.0 Å². The molecule has 2 N–H and O–H groups in total. The standard InChI is InChI=1S/C50H34N4O2.C24H20N2.C13H8BrNO/c1-3-11-39(12-4-1)53(43-31-23-37(24-32-43)49-51-45-15-7-9-17-47(45)55-49)41-27-19-35(20-28-41)36-21-29-42(30-22-36)54(40-13-5-2-6-14-40)44-33-25-38(26-34-44)50-52-46-16-8-10-18-48(46)56-50;1-3-7-21(8-4-1)25-23-15-11-19(12-16-23)20-13-17-24(18-14-20)26-22-9-5-2-6-10-22;14-10-7-5-9(6-8-10)13-15-11-3-1-2-4-12(11)16-13/h1-34H;1-18,25-26H;1-8H. The van der Waals surface area contributed by atoms with E-state index in [2.05, 4.69) is 270 Å². The molecule has 17 rings (SSSR count). The Morgan fingerprint density at radius 1 is 0.214 bits per heavy atom. The van der Waals surface area contributed by atoms with Crippen molar-refractivity contribution in [2.24, 2.45) is 0 Å². The molecule has 3 aromatic heterocycles. The summed E-state index contributed by atoms with van der Waals surface area (Å²) in [5.74, 6) is 1.88. The van der Waals surface area contributed by atoms with E-state index in [9.17, 15) is 0 Å². The summed E-state index contributed by atoms with van der Waals surface area (Å²) < 4.78 is 18.8. The third-order valence-electron chi connectivity index (χ3n) is 16.6. The first kappa shape index (κ1) is 61.4. The normalized spacial score (nSPS) is 10.9. The van der Waals surface area contributed by atoms with Crippen molar-refractivity contribution < 1.29 is 13.3 Å². The number of aromatic nitrogens is 3. The smallest absolute Gasteiger partial charge is 0.227 e. The minimum atomic E-state index is 0.612. The SMILES string of the molecule is Brc1ccc(-c2nc3ccccc3o2)cc1.c1ccc(N(c2ccc(-c3ccc(N(c4ccccc4)c4ccc(-c5nc6ccccc6o5)cc4)cc3)cc2)c2ccc(-c3nc4ccccc4o3)cc2)cc1.c1ccc(Nc2ccc(-c3ccc(Nc4ccccc4)cc3)cc2)cc1. The van der Waals surface area contributed by atoms with Crippen LogP contribution in [0.2, 0.25) is 0 Å². The van der Waals surface area contributed by atoms with E-state index in [1.54, 1.807) is 0 Å². The number of hydrogen-bond acceptors (Lipinski definition) is 10. The summed E-state index contributed by atoms with van der Waals surface area (Å²) in [7, 11) is 0. The van der Waals surface area contributed by atoms with Gasteiger partial charge in [0.1, 0.15) is 16.6 Å². The zero-order valence-corrected chi connectivity index (χ0v) is 54.6. The fourth-order valence-electron chi connectivity index (χ4n) is 11.6. The number of nitrogens with one attached hydrogen (secondary N) is 2. The van der Waals surface area contributed by atoms with Crippen molar-refractivity contribution in [2.75, 3.05) is 20.4 Å². The molecular formula is C87H62BrN7O3. The van der Waals surface area contributed by atoms with Gasteiger partial charge in [0.05, 0.1) is 0 Å². The number of para-hydroxylation sites is 10. The first-order valence-electron chi connectivity index (χ1n) is 32.2. The first-order valence-corrected chi connectivity index (χ1v) is 33.0. The Morgan fingerprint density at radius 2 is 0.439 bits per heavy atom. The molecule has 0 spiro atoms. The molecule has 14 aromatic carbocycles. The molecule has 17 aromatic rings. The highest BCUT2D eigenvalue weighted by atomic mass is 79.9. The van der Waals surface area contributed by atoms with Crippen LogP contribution in [0.4, 0.5) is 56.9 Å². The lowest BCUT2D eigenvalue weighted by molar-refractivity contribution is 0.619. The van der Waals surface area contributed by atoms with Crippen LogP contribution in [0.25, 0.3) is 89.9 Å². The van der Waals surface area contributed by atoms with Crippen molar-refractivity contribution in [3.63, 3.8) is 0 Å². The molecule has 3 heterocycles. The maximum Gasteiger partial charge on any atom is 0.227 e. The first-order chi connectivity index (χ1) is 48.4. The fraction of sp³-hybridized carbons (Fsp3) is 0. The number of fused-ring (bicyclic) bond motifs is 3. The number of halogens is 1. The highest BCUT2D eigenvalue weighted by Crippen LogP contribution is 2.40. The number of benzene rings is 14. The number of oxazole rings is 3. The Labute approximate surface area is 576 Å². The largest absolute Gasteiger partial charge is 0.436 e. The van der Waals surface area contributed by atoms with Gasteiger partial charge in [0.25, 0.3) is 0 Å². The van der Waals surface area contributed by atoms with Gasteiger partial charge in [-0.3, -0.25) is 0 Å². The number of hydrogen-bond donors (Lipinski definition) is 2. The van der Waals surface area contributed by atoms with Crippen LogP contribution in [-0.2, 0) is 0 Å².